The summed E-state index contributed by atoms with van der Waals surface area (Å²) in [7, 11) is 0. The maximum atomic E-state index is 9.87. The number of benzene rings is 1. The molecule has 6 rings (SSSR count). The van der Waals surface area contributed by atoms with E-state index in [0.717, 1.165) is 59.1 Å². The first kappa shape index (κ1) is 20.6. The van der Waals surface area contributed by atoms with Gasteiger partial charge in [-0.2, -0.15) is 10.2 Å². The first-order valence-electron chi connectivity index (χ1n) is 11.2. The predicted octanol–water partition coefficient (Wildman–Crippen LogP) is 3.18. The van der Waals surface area contributed by atoms with Gasteiger partial charge in [0.1, 0.15) is 29.7 Å². The molecule has 10 nitrogen and oxygen atoms in total. The van der Waals surface area contributed by atoms with Crippen LogP contribution in [0, 0.1) is 6.92 Å². The highest BCUT2D eigenvalue weighted by molar-refractivity contribution is 5.76. The molecule has 10 heteroatoms. The van der Waals surface area contributed by atoms with Gasteiger partial charge in [0.05, 0.1) is 6.10 Å². The van der Waals surface area contributed by atoms with Crippen molar-refractivity contribution in [3.63, 3.8) is 0 Å². The number of anilines is 2. The molecule has 1 fully saturated rings. The van der Waals surface area contributed by atoms with E-state index in [9.17, 15) is 5.11 Å². The molecule has 0 aliphatic carbocycles. The minimum atomic E-state index is -0.246. The van der Waals surface area contributed by atoms with Gasteiger partial charge in [-0.15, -0.1) is 0 Å². The Kier molecular flexibility index (Phi) is 5.08. The van der Waals surface area contributed by atoms with Gasteiger partial charge in [0.15, 0.2) is 11.5 Å². The van der Waals surface area contributed by atoms with Crippen LogP contribution in [0.1, 0.15) is 17.5 Å². The molecule has 1 unspecified atom stereocenters. The standard InChI is InChI=1S/C24H24N8O2/c1-16-10-18(2-3-21(16)34-20-6-9-31-22(11-20)25-14-27-31)29-24-23-17(4-8-32(23)28-15-26-24)12-30-7-5-19(33)13-30/h2-4,6,8-11,14-15,19,33H,5,7,12-13H2,1H3,(H,26,28,29). The number of aromatic nitrogens is 6. The molecular weight excluding hydrogens is 432 g/mol. The minimum Gasteiger partial charge on any atom is -0.457 e. The van der Waals surface area contributed by atoms with E-state index in [4.69, 9.17) is 4.74 Å². The van der Waals surface area contributed by atoms with Gasteiger partial charge in [0.25, 0.3) is 0 Å². The number of fused-ring (bicyclic) bond motifs is 2. The number of likely N-dealkylation sites (tertiary alicyclic amines) is 1. The lowest BCUT2D eigenvalue weighted by Gasteiger charge is -2.15. The van der Waals surface area contributed by atoms with Crippen molar-refractivity contribution < 1.29 is 9.84 Å². The number of nitrogens with one attached hydrogen (secondary N) is 1. The van der Waals surface area contributed by atoms with Gasteiger partial charge < -0.3 is 15.2 Å². The molecule has 0 amide bonds. The third-order valence-electron chi connectivity index (χ3n) is 6.10. The maximum absolute atomic E-state index is 9.87. The zero-order valence-corrected chi connectivity index (χ0v) is 18.7. The molecule has 4 aromatic heterocycles. The molecule has 1 aliphatic rings. The van der Waals surface area contributed by atoms with Crippen LogP contribution in [0.2, 0.25) is 0 Å². The zero-order chi connectivity index (χ0) is 23.1. The summed E-state index contributed by atoms with van der Waals surface area (Å²) < 4.78 is 9.61. The SMILES string of the molecule is Cc1cc(Nc2ncnn3ccc(CN4CCC(O)C4)c23)ccc1Oc1ccn2ncnc2c1. The molecule has 1 aliphatic heterocycles. The van der Waals surface area contributed by atoms with Gasteiger partial charge in [-0.1, -0.05) is 0 Å². The summed E-state index contributed by atoms with van der Waals surface area (Å²) in [5.41, 5.74) is 4.68. The molecule has 0 spiro atoms. The fourth-order valence-electron chi connectivity index (χ4n) is 4.40. The van der Waals surface area contributed by atoms with Crippen LogP contribution < -0.4 is 10.1 Å². The van der Waals surface area contributed by atoms with Crippen molar-refractivity contribution in [3.05, 3.63) is 72.6 Å². The maximum Gasteiger partial charge on any atom is 0.158 e. The van der Waals surface area contributed by atoms with Crippen LogP contribution in [0.3, 0.4) is 0 Å². The summed E-state index contributed by atoms with van der Waals surface area (Å²) in [4.78, 5) is 11.0. The second-order valence-electron chi connectivity index (χ2n) is 8.55. The topological polar surface area (TPSA) is 105 Å². The van der Waals surface area contributed by atoms with Gasteiger partial charge in [-0.05, 0) is 54.8 Å². The number of hydrogen-bond acceptors (Lipinski definition) is 8. The summed E-state index contributed by atoms with van der Waals surface area (Å²) in [5.74, 6) is 2.20. The number of aryl methyl sites for hydroxylation is 1. The van der Waals surface area contributed by atoms with E-state index in [1.807, 2.05) is 54.2 Å². The van der Waals surface area contributed by atoms with E-state index in [1.54, 1.807) is 10.8 Å². The zero-order valence-electron chi connectivity index (χ0n) is 18.7. The van der Waals surface area contributed by atoms with Gasteiger partial charge in [0, 0.05) is 43.8 Å². The first-order valence-corrected chi connectivity index (χ1v) is 11.2. The largest absolute Gasteiger partial charge is 0.457 e. The van der Waals surface area contributed by atoms with E-state index < -0.39 is 0 Å². The van der Waals surface area contributed by atoms with Crippen LogP contribution in [0.5, 0.6) is 11.5 Å². The van der Waals surface area contributed by atoms with Crippen molar-refractivity contribution in [2.45, 2.75) is 26.0 Å². The van der Waals surface area contributed by atoms with Crippen molar-refractivity contribution in [1.82, 2.24) is 34.1 Å². The number of hydrogen-bond donors (Lipinski definition) is 2. The number of aliphatic hydroxyl groups excluding tert-OH is 1. The lowest BCUT2D eigenvalue weighted by atomic mass is 10.2. The van der Waals surface area contributed by atoms with Gasteiger partial charge in [0.2, 0.25) is 0 Å². The Morgan fingerprint density at radius 3 is 2.76 bits per heavy atom. The fraction of sp³-hybridized carbons (Fsp3) is 0.250. The highest BCUT2D eigenvalue weighted by atomic mass is 16.5. The highest BCUT2D eigenvalue weighted by Gasteiger charge is 2.22. The molecule has 0 bridgehead atoms. The van der Waals surface area contributed by atoms with Gasteiger partial charge in [-0.3, -0.25) is 4.90 Å². The normalized spacial score (nSPS) is 16.5. The minimum absolute atomic E-state index is 0.246. The van der Waals surface area contributed by atoms with E-state index >= 15 is 0 Å². The molecule has 0 radical (unpaired) electrons. The van der Waals surface area contributed by atoms with Crippen LogP contribution in [0.25, 0.3) is 11.2 Å². The monoisotopic (exact) mass is 456 g/mol. The molecule has 34 heavy (non-hydrogen) atoms. The van der Waals surface area contributed by atoms with Gasteiger partial charge >= 0.3 is 0 Å². The van der Waals surface area contributed by atoms with Crippen LogP contribution in [0.15, 0.2) is 61.4 Å². The first-order chi connectivity index (χ1) is 16.6. The molecule has 5 aromatic rings. The summed E-state index contributed by atoms with van der Waals surface area (Å²) in [6.07, 6.45) is 7.39. The Hall–Kier alpha value is -4.02. The quantitative estimate of drug-likeness (QED) is 0.401. The predicted molar refractivity (Wildman–Crippen MR) is 126 cm³/mol. The molecule has 1 atom stereocenters. The van der Waals surface area contributed by atoms with Crippen LogP contribution in [-0.4, -0.2) is 58.4 Å². The van der Waals surface area contributed by atoms with Crippen LogP contribution in [-0.2, 0) is 6.54 Å². The molecule has 2 N–H and O–H groups in total. The molecule has 1 aromatic carbocycles. The summed E-state index contributed by atoms with van der Waals surface area (Å²) in [6, 6.07) is 11.7. The lowest BCUT2D eigenvalue weighted by molar-refractivity contribution is 0.175. The number of nitrogens with zero attached hydrogens (tertiary/aromatic N) is 7. The lowest BCUT2D eigenvalue weighted by Crippen LogP contribution is -2.21. The third-order valence-corrected chi connectivity index (χ3v) is 6.10. The van der Waals surface area contributed by atoms with Crippen molar-refractivity contribution >= 4 is 22.7 Å². The Morgan fingerprint density at radius 1 is 1.06 bits per heavy atom. The summed E-state index contributed by atoms with van der Waals surface area (Å²) >= 11 is 0. The molecule has 172 valence electrons. The van der Waals surface area contributed by atoms with Crippen molar-refractivity contribution in [2.75, 3.05) is 18.4 Å². The van der Waals surface area contributed by atoms with Crippen molar-refractivity contribution in [2.24, 2.45) is 0 Å². The van der Waals surface area contributed by atoms with Crippen molar-refractivity contribution in [1.29, 1.82) is 0 Å². The Balaban J connectivity index is 1.24. The number of β-amino-alcohol motifs (C(OH)–C–C–N with tert-alkyl or cyclic N) is 1. The Labute approximate surface area is 195 Å². The Bertz CT molecular complexity index is 1480. The molecule has 1 saturated heterocycles. The Morgan fingerprint density at radius 2 is 1.91 bits per heavy atom. The van der Waals surface area contributed by atoms with Crippen LogP contribution in [0.4, 0.5) is 11.5 Å². The third kappa shape index (κ3) is 3.93. The van der Waals surface area contributed by atoms with E-state index in [-0.39, 0.29) is 6.10 Å². The second-order valence-corrected chi connectivity index (χ2v) is 8.55. The fourth-order valence-corrected chi connectivity index (χ4v) is 4.40. The van der Waals surface area contributed by atoms with E-state index in [1.165, 1.54) is 6.33 Å². The molecule has 5 heterocycles. The smallest absolute Gasteiger partial charge is 0.158 e. The second kappa shape index (κ2) is 8.40. The molecule has 0 saturated carbocycles. The number of rotatable bonds is 6. The average Bonchev–Trinajstić information content (AvgIpc) is 3.56. The molecular formula is C24H24N8O2. The number of ether oxygens (including phenoxy) is 1. The summed E-state index contributed by atoms with van der Waals surface area (Å²) in [6.45, 7) is 4.34. The number of pyridine rings is 1. The summed E-state index contributed by atoms with van der Waals surface area (Å²) in [5, 5.41) is 21.8. The highest BCUT2D eigenvalue weighted by Crippen LogP contribution is 2.30. The number of aliphatic hydroxyl groups is 1. The van der Waals surface area contributed by atoms with E-state index in [2.05, 4.69) is 36.4 Å². The van der Waals surface area contributed by atoms with Crippen LogP contribution >= 0.6 is 0 Å². The van der Waals surface area contributed by atoms with Crippen molar-refractivity contribution in [3.8, 4) is 11.5 Å². The van der Waals surface area contributed by atoms with Gasteiger partial charge in [-0.25, -0.2) is 19.0 Å². The average molecular weight is 457 g/mol. The van der Waals surface area contributed by atoms with E-state index in [0.29, 0.717) is 12.3 Å².